The standard InChI is InChI=1S/C16H15N3O4/c1-3-23-16(21)13-9-15(20)19-14(17-13)8-12(18-19)10-4-6-11(22-2)7-5-10/h4-9,18H,3H2,1-2H3. The molecule has 0 amide bonds. The topological polar surface area (TPSA) is 85.7 Å². The lowest BCUT2D eigenvalue weighted by molar-refractivity contribution is 0.0519. The average Bonchev–Trinajstić information content (AvgIpc) is 3.00. The second-order valence-corrected chi connectivity index (χ2v) is 4.79. The Morgan fingerprint density at radius 3 is 2.65 bits per heavy atom. The molecule has 0 saturated carbocycles. The van der Waals surface area contributed by atoms with Gasteiger partial charge in [0.15, 0.2) is 11.3 Å². The van der Waals surface area contributed by atoms with Crippen molar-refractivity contribution in [3.8, 4) is 17.0 Å². The third-order valence-corrected chi connectivity index (χ3v) is 3.34. The summed E-state index contributed by atoms with van der Waals surface area (Å²) in [6.07, 6.45) is 0. The summed E-state index contributed by atoms with van der Waals surface area (Å²) in [5, 5.41) is 2.96. The number of esters is 1. The molecule has 1 N–H and O–H groups in total. The van der Waals surface area contributed by atoms with Crippen LogP contribution < -0.4 is 10.3 Å². The van der Waals surface area contributed by atoms with Crippen LogP contribution in [0.3, 0.4) is 0 Å². The number of methoxy groups -OCH3 is 1. The molecule has 0 bridgehead atoms. The Bertz CT molecular complexity index is 909. The Kier molecular flexibility index (Phi) is 3.84. The van der Waals surface area contributed by atoms with E-state index in [1.54, 1.807) is 20.1 Å². The van der Waals surface area contributed by atoms with E-state index in [1.165, 1.54) is 4.52 Å². The SMILES string of the molecule is CCOC(=O)c1cc(=O)n2[nH]c(-c3ccc(OC)cc3)cc2n1. The smallest absolute Gasteiger partial charge is 0.357 e. The van der Waals surface area contributed by atoms with Crippen molar-refractivity contribution >= 4 is 11.6 Å². The van der Waals surface area contributed by atoms with Crippen molar-refractivity contribution < 1.29 is 14.3 Å². The van der Waals surface area contributed by atoms with Crippen molar-refractivity contribution in [3.63, 3.8) is 0 Å². The van der Waals surface area contributed by atoms with Gasteiger partial charge in [-0.25, -0.2) is 14.3 Å². The van der Waals surface area contributed by atoms with Crippen molar-refractivity contribution in [2.24, 2.45) is 0 Å². The van der Waals surface area contributed by atoms with Gasteiger partial charge >= 0.3 is 5.97 Å². The molecule has 2 heterocycles. The Balaban J connectivity index is 2.05. The van der Waals surface area contributed by atoms with Crippen LogP contribution in [0.25, 0.3) is 16.9 Å². The summed E-state index contributed by atoms with van der Waals surface area (Å²) in [5.74, 6) is 0.129. The fourth-order valence-electron chi connectivity index (χ4n) is 2.22. The van der Waals surface area contributed by atoms with Crippen LogP contribution in [0.5, 0.6) is 5.75 Å². The van der Waals surface area contributed by atoms with Crippen LogP contribution in [0.2, 0.25) is 0 Å². The molecule has 7 nitrogen and oxygen atoms in total. The highest BCUT2D eigenvalue weighted by Crippen LogP contribution is 2.21. The number of aromatic nitrogens is 3. The predicted molar refractivity (Wildman–Crippen MR) is 83.8 cm³/mol. The molecule has 0 radical (unpaired) electrons. The lowest BCUT2D eigenvalue weighted by Crippen LogP contribution is -2.18. The zero-order valence-corrected chi connectivity index (χ0v) is 12.7. The molecular formula is C16H15N3O4. The summed E-state index contributed by atoms with van der Waals surface area (Å²) in [7, 11) is 1.60. The van der Waals surface area contributed by atoms with Crippen LogP contribution in [0.4, 0.5) is 0 Å². The number of rotatable bonds is 4. The van der Waals surface area contributed by atoms with Crippen LogP contribution in [0, 0.1) is 0 Å². The third kappa shape index (κ3) is 2.80. The summed E-state index contributed by atoms with van der Waals surface area (Å²) in [4.78, 5) is 28.0. The molecule has 0 unspecified atom stereocenters. The molecule has 0 aliphatic heterocycles. The van der Waals surface area contributed by atoms with E-state index < -0.39 is 5.97 Å². The predicted octanol–water partition coefficient (Wildman–Crippen LogP) is 1.87. The molecule has 0 saturated heterocycles. The van der Waals surface area contributed by atoms with E-state index in [0.717, 1.165) is 17.4 Å². The Morgan fingerprint density at radius 1 is 1.26 bits per heavy atom. The van der Waals surface area contributed by atoms with Gasteiger partial charge in [0.25, 0.3) is 5.56 Å². The molecule has 2 aromatic heterocycles. The minimum Gasteiger partial charge on any atom is -0.497 e. The zero-order valence-electron chi connectivity index (χ0n) is 12.7. The number of nitrogens with one attached hydrogen (secondary N) is 1. The maximum atomic E-state index is 12.1. The number of carbonyl (C=O) groups excluding carboxylic acids is 1. The molecule has 7 heteroatoms. The van der Waals surface area contributed by atoms with Crippen molar-refractivity contribution in [1.29, 1.82) is 0 Å². The van der Waals surface area contributed by atoms with E-state index in [2.05, 4.69) is 10.1 Å². The second kappa shape index (κ2) is 5.96. The maximum absolute atomic E-state index is 12.1. The Morgan fingerprint density at radius 2 is 2.00 bits per heavy atom. The molecule has 23 heavy (non-hydrogen) atoms. The molecule has 0 spiro atoms. The largest absolute Gasteiger partial charge is 0.497 e. The van der Waals surface area contributed by atoms with Crippen LogP contribution in [-0.2, 0) is 4.74 Å². The fourth-order valence-corrected chi connectivity index (χ4v) is 2.22. The van der Waals surface area contributed by atoms with Gasteiger partial charge in [0.05, 0.1) is 19.4 Å². The highest BCUT2D eigenvalue weighted by Gasteiger charge is 2.13. The number of aromatic amines is 1. The summed E-state index contributed by atoms with van der Waals surface area (Å²) in [5.41, 5.74) is 1.55. The lowest BCUT2D eigenvalue weighted by atomic mass is 10.1. The van der Waals surface area contributed by atoms with Gasteiger partial charge < -0.3 is 9.47 Å². The molecule has 1 aromatic carbocycles. The first kappa shape index (κ1) is 14.8. The molecule has 3 rings (SSSR count). The fraction of sp³-hybridized carbons (Fsp3) is 0.188. The van der Waals surface area contributed by atoms with Crippen molar-refractivity contribution in [1.82, 2.24) is 14.6 Å². The number of carbonyl (C=O) groups is 1. The zero-order chi connectivity index (χ0) is 16.4. The van der Waals surface area contributed by atoms with Gasteiger partial charge in [-0.2, -0.15) is 0 Å². The maximum Gasteiger partial charge on any atom is 0.357 e. The summed E-state index contributed by atoms with van der Waals surface area (Å²) in [6, 6.07) is 10.2. The lowest BCUT2D eigenvalue weighted by Gasteiger charge is -2.01. The Labute approximate surface area is 131 Å². The number of H-pyrrole nitrogens is 1. The summed E-state index contributed by atoms with van der Waals surface area (Å²) < 4.78 is 11.3. The number of ether oxygens (including phenoxy) is 2. The number of fused-ring (bicyclic) bond motifs is 1. The van der Waals surface area contributed by atoms with Crippen LogP contribution >= 0.6 is 0 Å². The van der Waals surface area contributed by atoms with Gasteiger partial charge in [-0.15, -0.1) is 0 Å². The van der Waals surface area contributed by atoms with Gasteiger partial charge in [-0.3, -0.25) is 9.89 Å². The molecule has 0 fully saturated rings. The molecule has 0 atom stereocenters. The molecular weight excluding hydrogens is 298 g/mol. The van der Waals surface area contributed by atoms with E-state index in [9.17, 15) is 9.59 Å². The van der Waals surface area contributed by atoms with E-state index in [4.69, 9.17) is 9.47 Å². The quantitative estimate of drug-likeness (QED) is 0.743. The van der Waals surface area contributed by atoms with Crippen LogP contribution in [-0.4, -0.2) is 34.3 Å². The summed E-state index contributed by atoms with van der Waals surface area (Å²) >= 11 is 0. The van der Waals surface area contributed by atoms with Gasteiger partial charge in [-0.1, -0.05) is 0 Å². The monoisotopic (exact) mass is 313 g/mol. The van der Waals surface area contributed by atoms with E-state index in [1.807, 2.05) is 24.3 Å². The minimum absolute atomic E-state index is 0.00266. The van der Waals surface area contributed by atoms with Crippen LogP contribution in [0.1, 0.15) is 17.4 Å². The van der Waals surface area contributed by atoms with E-state index in [0.29, 0.717) is 11.3 Å². The van der Waals surface area contributed by atoms with E-state index in [-0.39, 0.29) is 17.9 Å². The molecule has 0 aliphatic carbocycles. The first-order chi connectivity index (χ1) is 11.1. The Hall–Kier alpha value is -3.09. The number of hydrogen-bond acceptors (Lipinski definition) is 5. The third-order valence-electron chi connectivity index (χ3n) is 3.34. The molecule has 0 aliphatic rings. The van der Waals surface area contributed by atoms with Crippen molar-refractivity contribution in [3.05, 3.63) is 52.4 Å². The normalized spacial score (nSPS) is 10.7. The van der Waals surface area contributed by atoms with Gasteiger partial charge in [0.1, 0.15) is 5.75 Å². The molecule has 118 valence electrons. The first-order valence-corrected chi connectivity index (χ1v) is 7.06. The molecule has 3 aromatic rings. The number of benzene rings is 1. The van der Waals surface area contributed by atoms with Crippen molar-refractivity contribution in [2.45, 2.75) is 6.92 Å². The van der Waals surface area contributed by atoms with Gasteiger partial charge in [-0.05, 0) is 36.8 Å². The van der Waals surface area contributed by atoms with E-state index >= 15 is 0 Å². The number of nitrogens with zero attached hydrogens (tertiary/aromatic N) is 2. The van der Waals surface area contributed by atoms with Gasteiger partial charge in [0.2, 0.25) is 0 Å². The first-order valence-electron chi connectivity index (χ1n) is 7.06. The van der Waals surface area contributed by atoms with Crippen LogP contribution in [0.15, 0.2) is 41.2 Å². The number of hydrogen-bond donors (Lipinski definition) is 1. The van der Waals surface area contributed by atoms with Gasteiger partial charge in [0, 0.05) is 12.1 Å². The summed E-state index contributed by atoms with van der Waals surface area (Å²) in [6.45, 7) is 1.92. The van der Waals surface area contributed by atoms with Crippen molar-refractivity contribution in [2.75, 3.05) is 13.7 Å². The average molecular weight is 313 g/mol. The second-order valence-electron chi connectivity index (χ2n) is 4.79. The minimum atomic E-state index is -0.612. The highest BCUT2D eigenvalue weighted by atomic mass is 16.5. The highest BCUT2D eigenvalue weighted by molar-refractivity contribution is 5.87.